The van der Waals surface area contributed by atoms with E-state index < -0.39 is 5.97 Å². The fourth-order valence-electron chi connectivity index (χ4n) is 5.84. The number of rotatable bonds is 6. The molecule has 0 aromatic carbocycles. The Bertz CT molecular complexity index is 966. The minimum atomic E-state index is -0.963. The molecule has 1 aliphatic heterocycles. The topological polar surface area (TPSA) is 77.9 Å². The first-order chi connectivity index (χ1) is 16.8. The van der Waals surface area contributed by atoms with Crippen LogP contribution in [0.3, 0.4) is 0 Å². The van der Waals surface area contributed by atoms with Gasteiger partial charge in [-0.1, -0.05) is 26.8 Å². The van der Waals surface area contributed by atoms with E-state index in [-0.39, 0.29) is 34.6 Å². The Morgan fingerprint density at radius 2 is 1.74 bits per heavy atom. The Labute approximate surface area is 213 Å². The van der Waals surface area contributed by atoms with Crippen LogP contribution in [-0.4, -0.2) is 46.9 Å². The molecule has 6 nitrogen and oxygen atoms in total. The molecule has 0 radical (unpaired) electrons. The lowest BCUT2D eigenvalue weighted by molar-refractivity contribution is -0.135. The van der Waals surface area contributed by atoms with Crippen LogP contribution in [0.15, 0.2) is 12.1 Å². The standard InChI is InChI=1S/C28H40N2O4S/c1-18(2)26(31)29-15-13-22(14-16-29)30(27(32)21-11-9-19(3)10-12-21)23-17-24(35-25(23)28(33)34)20-7-5-4-6-8-20/h7,17-19,21-22H,4-6,8-16H2,1-3H3,(H,33,34)/t19-,21-. The van der Waals surface area contributed by atoms with Crippen LogP contribution < -0.4 is 4.90 Å². The molecule has 0 atom stereocenters. The number of thiophene rings is 1. The maximum atomic E-state index is 14.0. The van der Waals surface area contributed by atoms with Crippen LogP contribution in [0.25, 0.3) is 5.57 Å². The predicted molar refractivity (Wildman–Crippen MR) is 141 cm³/mol. The number of aromatic carboxylic acids is 1. The Morgan fingerprint density at radius 1 is 1.06 bits per heavy atom. The summed E-state index contributed by atoms with van der Waals surface area (Å²) in [5.74, 6) is -0.199. The number of nitrogens with zero attached hydrogens (tertiary/aromatic N) is 2. The van der Waals surface area contributed by atoms with Crippen molar-refractivity contribution in [3.8, 4) is 0 Å². The number of amides is 2. The molecule has 35 heavy (non-hydrogen) atoms. The fourth-order valence-corrected chi connectivity index (χ4v) is 6.90. The van der Waals surface area contributed by atoms with Crippen molar-refractivity contribution in [3.63, 3.8) is 0 Å². The van der Waals surface area contributed by atoms with Gasteiger partial charge in [-0.2, -0.15) is 0 Å². The van der Waals surface area contributed by atoms with Gasteiger partial charge in [-0.3, -0.25) is 9.59 Å². The van der Waals surface area contributed by atoms with Gasteiger partial charge in [0.05, 0.1) is 5.69 Å². The van der Waals surface area contributed by atoms with Crippen molar-refractivity contribution in [1.82, 2.24) is 4.90 Å². The van der Waals surface area contributed by atoms with E-state index in [1.54, 1.807) is 0 Å². The average molecular weight is 501 g/mol. The van der Waals surface area contributed by atoms with Crippen LogP contribution in [-0.2, 0) is 9.59 Å². The maximum absolute atomic E-state index is 14.0. The van der Waals surface area contributed by atoms with E-state index in [1.165, 1.54) is 23.3 Å². The van der Waals surface area contributed by atoms with E-state index in [9.17, 15) is 19.5 Å². The quantitative estimate of drug-likeness (QED) is 0.504. The second-order valence-electron chi connectivity index (χ2n) is 11.0. The third-order valence-electron chi connectivity index (χ3n) is 8.01. The molecule has 1 N–H and O–H groups in total. The number of carbonyl (C=O) groups is 3. The molecule has 1 saturated carbocycles. The van der Waals surface area contributed by atoms with E-state index >= 15 is 0 Å². The molecule has 7 heteroatoms. The van der Waals surface area contributed by atoms with Crippen molar-refractivity contribution < 1.29 is 19.5 Å². The molecule has 1 saturated heterocycles. The van der Waals surface area contributed by atoms with Crippen LogP contribution in [0, 0.1) is 17.8 Å². The lowest BCUT2D eigenvalue weighted by Crippen LogP contribution is -2.51. The lowest BCUT2D eigenvalue weighted by atomic mass is 9.82. The van der Waals surface area contributed by atoms with Crippen LogP contribution in [0.5, 0.6) is 0 Å². The molecule has 192 valence electrons. The summed E-state index contributed by atoms with van der Waals surface area (Å²) in [6, 6.07) is 1.89. The highest BCUT2D eigenvalue weighted by molar-refractivity contribution is 7.15. The summed E-state index contributed by atoms with van der Waals surface area (Å²) in [5.41, 5.74) is 1.78. The smallest absolute Gasteiger partial charge is 0.348 e. The largest absolute Gasteiger partial charge is 0.477 e. The second-order valence-corrected chi connectivity index (χ2v) is 12.0. The van der Waals surface area contributed by atoms with Gasteiger partial charge in [-0.05, 0) is 81.8 Å². The van der Waals surface area contributed by atoms with Gasteiger partial charge in [0.15, 0.2) is 0 Å². The van der Waals surface area contributed by atoms with Gasteiger partial charge < -0.3 is 14.9 Å². The van der Waals surface area contributed by atoms with Crippen molar-refractivity contribution in [2.75, 3.05) is 18.0 Å². The van der Waals surface area contributed by atoms with Gasteiger partial charge in [-0.15, -0.1) is 11.3 Å². The first kappa shape index (κ1) is 25.9. The molecule has 1 aromatic rings. The number of carboxylic acids is 1. The van der Waals surface area contributed by atoms with Gasteiger partial charge in [0.2, 0.25) is 11.8 Å². The summed E-state index contributed by atoms with van der Waals surface area (Å²) in [6.07, 6.45) is 11.7. The van der Waals surface area contributed by atoms with Crippen molar-refractivity contribution >= 4 is 40.4 Å². The number of hydrogen-bond acceptors (Lipinski definition) is 4. The number of carbonyl (C=O) groups excluding carboxylic acids is 2. The Balaban J connectivity index is 1.66. The first-order valence-electron chi connectivity index (χ1n) is 13.4. The summed E-state index contributed by atoms with van der Waals surface area (Å²) < 4.78 is 0. The molecule has 0 bridgehead atoms. The lowest BCUT2D eigenvalue weighted by Gasteiger charge is -2.41. The molecule has 0 unspecified atom stereocenters. The molecule has 0 spiro atoms. The molecule has 2 aliphatic carbocycles. The maximum Gasteiger partial charge on any atom is 0.348 e. The number of allylic oxidation sites excluding steroid dienone is 2. The second kappa shape index (κ2) is 11.3. The van der Waals surface area contributed by atoms with E-state index in [1.807, 2.05) is 29.7 Å². The number of carboxylic acid groups (broad SMARTS) is 1. The third kappa shape index (κ3) is 5.82. The normalized spacial score (nSPS) is 23.8. The molecular weight excluding hydrogens is 460 g/mol. The molecular formula is C28H40N2O4S. The Hall–Kier alpha value is -2.15. The average Bonchev–Trinajstić information content (AvgIpc) is 3.30. The molecule has 3 aliphatic rings. The van der Waals surface area contributed by atoms with E-state index in [0.717, 1.165) is 49.8 Å². The number of hydrogen-bond donors (Lipinski definition) is 1. The third-order valence-corrected chi connectivity index (χ3v) is 9.20. The Kier molecular flexibility index (Phi) is 8.35. The molecule has 2 fully saturated rings. The minimum absolute atomic E-state index is 0.0460. The van der Waals surface area contributed by atoms with Crippen molar-refractivity contribution in [2.24, 2.45) is 17.8 Å². The van der Waals surface area contributed by atoms with Gasteiger partial charge in [0, 0.05) is 35.8 Å². The Morgan fingerprint density at radius 3 is 2.31 bits per heavy atom. The molecule has 2 heterocycles. The highest BCUT2D eigenvalue weighted by Gasteiger charge is 2.38. The highest BCUT2D eigenvalue weighted by Crippen LogP contribution is 2.41. The number of piperidine rings is 1. The van der Waals surface area contributed by atoms with E-state index in [2.05, 4.69) is 13.0 Å². The zero-order valence-corrected chi connectivity index (χ0v) is 22.2. The number of anilines is 1. The van der Waals surface area contributed by atoms with E-state index in [0.29, 0.717) is 37.5 Å². The van der Waals surface area contributed by atoms with Crippen molar-refractivity contribution in [2.45, 2.75) is 91.0 Å². The fraction of sp³-hybridized carbons (Fsp3) is 0.679. The van der Waals surface area contributed by atoms with Gasteiger partial charge in [0.25, 0.3) is 0 Å². The predicted octanol–water partition coefficient (Wildman–Crippen LogP) is 6.21. The van der Waals surface area contributed by atoms with E-state index in [4.69, 9.17) is 0 Å². The summed E-state index contributed by atoms with van der Waals surface area (Å²) >= 11 is 1.31. The van der Waals surface area contributed by atoms with Crippen molar-refractivity contribution in [3.05, 3.63) is 21.9 Å². The highest BCUT2D eigenvalue weighted by atomic mass is 32.1. The van der Waals surface area contributed by atoms with Crippen molar-refractivity contribution in [1.29, 1.82) is 0 Å². The van der Waals surface area contributed by atoms with Gasteiger partial charge >= 0.3 is 5.97 Å². The zero-order chi connectivity index (χ0) is 25.1. The SMILES string of the molecule is CC(C)C(=O)N1CCC(N(c2cc(C3=CCCCC3)sc2C(=O)O)C(=O)[C@H]2CC[C@H](C)CC2)CC1. The van der Waals surface area contributed by atoms with Crippen LogP contribution in [0.1, 0.15) is 99.5 Å². The summed E-state index contributed by atoms with van der Waals surface area (Å²) in [4.78, 5) is 43.9. The summed E-state index contributed by atoms with van der Waals surface area (Å²) in [6.45, 7) is 7.29. The van der Waals surface area contributed by atoms with Crippen LogP contribution in [0.4, 0.5) is 5.69 Å². The number of likely N-dealkylation sites (tertiary alicyclic amines) is 1. The minimum Gasteiger partial charge on any atom is -0.477 e. The van der Waals surface area contributed by atoms with Crippen LogP contribution in [0.2, 0.25) is 0 Å². The summed E-state index contributed by atoms with van der Waals surface area (Å²) in [5, 5.41) is 10.1. The monoisotopic (exact) mass is 500 g/mol. The molecule has 2 amide bonds. The molecule has 1 aromatic heterocycles. The van der Waals surface area contributed by atoms with Crippen LogP contribution >= 0.6 is 11.3 Å². The first-order valence-corrected chi connectivity index (χ1v) is 14.3. The molecule has 4 rings (SSSR count). The summed E-state index contributed by atoms with van der Waals surface area (Å²) in [7, 11) is 0. The van der Waals surface area contributed by atoms with Gasteiger partial charge in [-0.25, -0.2) is 4.79 Å². The van der Waals surface area contributed by atoms with Gasteiger partial charge in [0.1, 0.15) is 4.88 Å². The zero-order valence-electron chi connectivity index (χ0n) is 21.4.